The molecule has 0 bridgehead atoms. The third-order valence-electron chi connectivity index (χ3n) is 2.23. The van der Waals surface area contributed by atoms with Crippen LogP contribution in [0.5, 0.6) is 0 Å². The Hall–Kier alpha value is -1.33. The van der Waals surface area contributed by atoms with Gasteiger partial charge >= 0.3 is 0 Å². The van der Waals surface area contributed by atoms with Crippen molar-refractivity contribution >= 4 is 45.7 Å². The van der Waals surface area contributed by atoms with Crippen LogP contribution >= 0.6 is 23.4 Å². The number of rotatable bonds is 1. The van der Waals surface area contributed by atoms with Crippen LogP contribution in [0.25, 0.3) is 22.3 Å². The standard InChI is InChI=1S/C10H7ClN4S/c1-16-10-14-8-9(15-10)13-7-4-5(11)2-3-6(7)12-8/h2-4H,1H3,(H,12,13,14,15). The second kappa shape index (κ2) is 3.61. The quantitative estimate of drug-likeness (QED) is 0.675. The van der Waals surface area contributed by atoms with Gasteiger partial charge in [0, 0.05) is 5.02 Å². The van der Waals surface area contributed by atoms with Gasteiger partial charge in [0.2, 0.25) is 0 Å². The van der Waals surface area contributed by atoms with E-state index in [9.17, 15) is 0 Å². The number of hydrogen-bond acceptors (Lipinski definition) is 4. The Balaban J connectivity index is 2.37. The third-order valence-corrected chi connectivity index (χ3v) is 3.05. The highest BCUT2D eigenvalue weighted by molar-refractivity contribution is 7.98. The van der Waals surface area contributed by atoms with Crippen LogP contribution in [0.2, 0.25) is 5.02 Å². The first kappa shape index (κ1) is 9.86. The highest BCUT2D eigenvalue weighted by Crippen LogP contribution is 2.20. The summed E-state index contributed by atoms with van der Waals surface area (Å²) in [7, 11) is 0. The molecule has 3 rings (SSSR count). The maximum absolute atomic E-state index is 5.90. The van der Waals surface area contributed by atoms with Gasteiger partial charge in [-0.05, 0) is 24.5 Å². The molecule has 0 aliphatic heterocycles. The van der Waals surface area contributed by atoms with Crippen LogP contribution < -0.4 is 0 Å². The lowest BCUT2D eigenvalue weighted by atomic mass is 10.3. The minimum Gasteiger partial charge on any atom is -0.316 e. The number of benzene rings is 1. The molecule has 2 heterocycles. The summed E-state index contributed by atoms with van der Waals surface area (Å²) in [6.45, 7) is 0. The Morgan fingerprint density at radius 1 is 1.19 bits per heavy atom. The summed E-state index contributed by atoms with van der Waals surface area (Å²) in [6.07, 6.45) is 1.95. The number of imidazole rings is 1. The number of H-pyrrole nitrogens is 1. The second-order valence-electron chi connectivity index (χ2n) is 3.27. The fraction of sp³-hybridized carbons (Fsp3) is 0.100. The van der Waals surface area contributed by atoms with Gasteiger partial charge in [-0.25, -0.2) is 15.0 Å². The van der Waals surface area contributed by atoms with Crippen LogP contribution in [-0.2, 0) is 0 Å². The van der Waals surface area contributed by atoms with Gasteiger partial charge in [0.15, 0.2) is 16.5 Å². The number of aromatic amines is 1. The molecule has 3 aromatic rings. The zero-order valence-electron chi connectivity index (χ0n) is 8.36. The van der Waals surface area contributed by atoms with Gasteiger partial charge in [-0.3, -0.25) is 0 Å². The highest BCUT2D eigenvalue weighted by atomic mass is 35.5. The van der Waals surface area contributed by atoms with Crippen LogP contribution in [0.15, 0.2) is 23.4 Å². The molecule has 1 N–H and O–H groups in total. The van der Waals surface area contributed by atoms with Gasteiger partial charge in [-0.15, -0.1) is 0 Å². The predicted molar refractivity (Wildman–Crippen MR) is 66.0 cm³/mol. The largest absolute Gasteiger partial charge is 0.316 e. The first-order valence-electron chi connectivity index (χ1n) is 4.63. The van der Waals surface area contributed by atoms with Gasteiger partial charge in [-0.2, -0.15) is 0 Å². The molecule has 0 radical (unpaired) electrons. The summed E-state index contributed by atoms with van der Waals surface area (Å²) in [5, 5.41) is 1.47. The van der Waals surface area contributed by atoms with E-state index in [1.54, 1.807) is 12.1 Å². The molecule has 80 valence electrons. The maximum atomic E-state index is 5.90. The Morgan fingerprint density at radius 3 is 2.88 bits per heavy atom. The van der Waals surface area contributed by atoms with E-state index in [1.807, 2.05) is 12.3 Å². The van der Waals surface area contributed by atoms with Crippen LogP contribution in [0, 0.1) is 0 Å². The summed E-state index contributed by atoms with van der Waals surface area (Å²) in [4.78, 5) is 16.2. The number of halogens is 1. The Labute approximate surface area is 100 Å². The molecule has 6 heteroatoms. The van der Waals surface area contributed by atoms with Crippen molar-refractivity contribution in [2.75, 3.05) is 6.26 Å². The van der Waals surface area contributed by atoms with Gasteiger partial charge in [-0.1, -0.05) is 23.4 Å². The van der Waals surface area contributed by atoms with Crippen LogP contribution in [0.1, 0.15) is 0 Å². The normalized spacial score (nSPS) is 11.4. The molecule has 2 aromatic heterocycles. The van der Waals surface area contributed by atoms with Crippen molar-refractivity contribution in [2.24, 2.45) is 0 Å². The highest BCUT2D eigenvalue weighted by Gasteiger charge is 2.06. The van der Waals surface area contributed by atoms with Crippen LogP contribution in [-0.4, -0.2) is 26.2 Å². The SMILES string of the molecule is CSc1nc2nc3ccc(Cl)cc3nc2[nH]1. The molecule has 0 fully saturated rings. The van der Waals surface area contributed by atoms with Crippen molar-refractivity contribution in [3.05, 3.63) is 23.2 Å². The van der Waals surface area contributed by atoms with Crippen molar-refractivity contribution in [2.45, 2.75) is 5.16 Å². The van der Waals surface area contributed by atoms with Crippen LogP contribution in [0.4, 0.5) is 0 Å². The molecule has 0 amide bonds. The molecular formula is C10H7ClN4S. The van der Waals surface area contributed by atoms with E-state index >= 15 is 0 Å². The molecule has 4 nitrogen and oxygen atoms in total. The van der Waals surface area contributed by atoms with Crippen molar-refractivity contribution in [1.29, 1.82) is 0 Å². The monoisotopic (exact) mass is 250 g/mol. The lowest BCUT2D eigenvalue weighted by Gasteiger charge is -1.96. The second-order valence-corrected chi connectivity index (χ2v) is 4.51. The average Bonchev–Trinajstić information content (AvgIpc) is 2.67. The van der Waals surface area contributed by atoms with Crippen LogP contribution in [0.3, 0.4) is 0 Å². The molecule has 0 saturated carbocycles. The minimum absolute atomic E-state index is 0.638. The predicted octanol–water partition coefficient (Wildman–Crippen LogP) is 2.88. The summed E-state index contributed by atoms with van der Waals surface area (Å²) in [5.41, 5.74) is 2.91. The summed E-state index contributed by atoms with van der Waals surface area (Å²) >= 11 is 7.44. The molecule has 1 aromatic carbocycles. The number of hydrogen-bond donors (Lipinski definition) is 1. The molecule has 0 aliphatic rings. The Morgan fingerprint density at radius 2 is 2.06 bits per heavy atom. The van der Waals surface area contributed by atoms with Crippen molar-refractivity contribution in [3.63, 3.8) is 0 Å². The van der Waals surface area contributed by atoms with E-state index in [1.165, 1.54) is 11.8 Å². The number of thioether (sulfide) groups is 1. The maximum Gasteiger partial charge on any atom is 0.198 e. The first-order valence-corrected chi connectivity index (χ1v) is 6.23. The smallest absolute Gasteiger partial charge is 0.198 e. The summed E-state index contributed by atoms with van der Waals surface area (Å²) in [6, 6.07) is 5.44. The van der Waals surface area contributed by atoms with E-state index in [0.717, 1.165) is 16.2 Å². The average molecular weight is 251 g/mol. The summed E-state index contributed by atoms with van der Waals surface area (Å²) < 4.78 is 0. The van der Waals surface area contributed by atoms with E-state index < -0.39 is 0 Å². The van der Waals surface area contributed by atoms with Gasteiger partial charge in [0.25, 0.3) is 0 Å². The lowest BCUT2D eigenvalue weighted by Crippen LogP contribution is -1.85. The van der Waals surface area contributed by atoms with Gasteiger partial charge < -0.3 is 4.98 Å². The molecular weight excluding hydrogens is 244 g/mol. The lowest BCUT2D eigenvalue weighted by molar-refractivity contribution is 1.07. The molecule has 16 heavy (non-hydrogen) atoms. The number of nitrogens with one attached hydrogen (secondary N) is 1. The third kappa shape index (κ3) is 1.52. The fourth-order valence-electron chi connectivity index (χ4n) is 1.50. The fourth-order valence-corrected chi connectivity index (χ4v) is 2.04. The number of nitrogens with zero attached hydrogens (tertiary/aromatic N) is 3. The van der Waals surface area contributed by atoms with E-state index in [2.05, 4.69) is 19.9 Å². The van der Waals surface area contributed by atoms with E-state index in [0.29, 0.717) is 16.3 Å². The van der Waals surface area contributed by atoms with E-state index in [-0.39, 0.29) is 0 Å². The molecule has 0 aliphatic carbocycles. The molecule has 0 atom stereocenters. The minimum atomic E-state index is 0.638. The van der Waals surface area contributed by atoms with E-state index in [4.69, 9.17) is 11.6 Å². The Kier molecular flexibility index (Phi) is 2.22. The zero-order chi connectivity index (χ0) is 11.1. The first-order chi connectivity index (χ1) is 7.76. The Bertz CT molecular complexity index is 679. The zero-order valence-corrected chi connectivity index (χ0v) is 9.93. The van der Waals surface area contributed by atoms with Crippen molar-refractivity contribution in [3.8, 4) is 0 Å². The summed E-state index contributed by atoms with van der Waals surface area (Å²) in [5.74, 6) is 0. The molecule has 0 saturated heterocycles. The van der Waals surface area contributed by atoms with Gasteiger partial charge in [0.1, 0.15) is 0 Å². The molecule has 0 unspecified atom stereocenters. The van der Waals surface area contributed by atoms with Crippen molar-refractivity contribution < 1.29 is 0 Å². The topological polar surface area (TPSA) is 54.5 Å². The number of fused-ring (bicyclic) bond motifs is 2. The van der Waals surface area contributed by atoms with Gasteiger partial charge in [0.05, 0.1) is 11.0 Å². The molecule has 0 spiro atoms. The number of aromatic nitrogens is 4. The van der Waals surface area contributed by atoms with Crippen molar-refractivity contribution in [1.82, 2.24) is 19.9 Å².